The maximum Gasteiger partial charge on any atom is 0.416 e. The van der Waals surface area contributed by atoms with E-state index < -0.39 is 24.7 Å². The summed E-state index contributed by atoms with van der Waals surface area (Å²) in [4.78, 5) is 12.9. The van der Waals surface area contributed by atoms with Crippen LogP contribution in [0.2, 0.25) is 0 Å². The molecule has 1 amide bonds. The van der Waals surface area contributed by atoms with Gasteiger partial charge in [-0.15, -0.1) is 5.10 Å². The molecule has 1 N–H and O–H groups in total. The van der Waals surface area contributed by atoms with Crippen molar-refractivity contribution in [2.75, 3.05) is 13.6 Å². The molecule has 0 saturated carbocycles. The number of alkyl halides is 3. The third-order valence-corrected chi connectivity index (χ3v) is 2.88. The van der Waals surface area contributed by atoms with Crippen LogP contribution in [0.15, 0.2) is 30.6 Å². The molecule has 0 saturated heterocycles. The molecule has 2 aromatic rings. The zero-order chi connectivity index (χ0) is 16.3. The molecular weight excluding hydrogens is 303 g/mol. The first-order chi connectivity index (χ1) is 10.3. The molecule has 118 valence electrons. The van der Waals surface area contributed by atoms with Crippen molar-refractivity contribution in [3.8, 4) is 5.69 Å². The molecule has 2 rings (SSSR count). The average Bonchev–Trinajstić information content (AvgIpc) is 2.99. The van der Waals surface area contributed by atoms with Crippen molar-refractivity contribution >= 4 is 5.91 Å². The Balaban J connectivity index is 2.14. The fourth-order valence-electron chi connectivity index (χ4n) is 1.73. The quantitative estimate of drug-likeness (QED) is 0.896. The van der Waals surface area contributed by atoms with Crippen LogP contribution in [0, 0.1) is 0 Å². The lowest BCUT2D eigenvalue weighted by atomic mass is 10.1. The number of hydrogen-bond acceptors (Lipinski definition) is 5. The van der Waals surface area contributed by atoms with Crippen molar-refractivity contribution in [1.82, 2.24) is 25.1 Å². The molecule has 0 bridgehead atoms. The summed E-state index contributed by atoms with van der Waals surface area (Å²) in [7, 11) is 1.18. The second-order valence-corrected chi connectivity index (χ2v) is 4.55. The maximum atomic E-state index is 12.3. The lowest BCUT2D eigenvalue weighted by Crippen LogP contribution is -2.41. The van der Waals surface area contributed by atoms with Gasteiger partial charge in [-0.05, 0) is 28.6 Å². The summed E-state index contributed by atoms with van der Waals surface area (Å²) in [5, 5.41) is 19.6. The second kappa shape index (κ2) is 6.10. The van der Waals surface area contributed by atoms with Crippen molar-refractivity contribution in [2.24, 2.45) is 0 Å². The summed E-state index contributed by atoms with van der Waals surface area (Å²) in [5.74, 6) is -0.654. The zero-order valence-electron chi connectivity index (χ0n) is 11.4. The van der Waals surface area contributed by atoms with Crippen LogP contribution in [0.4, 0.5) is 13.2 Å². The van der Waals surface area contributed by atoms with Crippen molar-refractivity contribution in [3.63, 3.8) is 0 Å². The number of aromatic nitrogens is 4. The highest BCUT2D eigenvalue weighted by atomic mass is 19.4. The SMILES string of the molecule is CN(CC(O)C(F)(F)F)C(=O)c1cccc(-n2cnnn2)c1. The van der Waals surface area contributed by atoms with Crippen LogP contribution in [0.5, 0.6) is 0 Å². The number of carbonyl (C=O) groups is 1. The Morgan fingerprint density at radius 3 is 2.77 bits per heavy atom. The van der Waals surface area contributed by atoms with Crippen LogP contribution < -0.4 is 0 Å². The molecular formula is C12H12F3N5O2. The van der Waals surface area contributed by atoms with Crippen LogP contribution in [0.25, 0.3) is 5.69 Å². The lowest BCUT2D eigenvalue weighted by Gasteiger charge is -2.22. The summed E-state index contributed by atoms with van der Waals surface area (Å²) >= 11 is 0. The van der Waals surface area contributed by atoms with Crippen LogP contribution in [-0.4, -0.2) is 62.0 Å². The van der Waals surface area contributed by atoms with Gasteiger partial charge in [-0.25, -0.2) is 4.68 Å². The van der Waals surface area contributed by atoms with Crippen molar-refractivity contribution < 1.29 is 23.1 Å². The number of aliphatic hydroxyl groups is 1. The number of hydrogen-bond donors (Lipinski definition) is 1. The Hall–Kier alpha value is -2.49. The molecule has 22 heavy (non-hydrogen) atoms. The molecule has 10 heteroatoms. The number of tetrazole rings is 1. The Bertz CT molecular complexity index is 644. The predicted molar refractivity (Wildman–Crippen MR) is 68.2 cm³/mol. The van der Waals surface area contributed by atoms with E-state index in [4.69, 9.17) is 5.11 Å². The monoisotopic (exact) mass is 315 g/mol. The predicted octanol–water partition coefficient (Wildman–Crippen LogP) is 0.657. The second-order valence-electron chi connectivity index (χ2n) is 4.55. The molecule has 1 aromatic carbocycles. The number of aliphatic hydroxyl groups excluding tert-OH is 1. The minimum Gasteiger partial charge on any atom is -0.382 e. The van der Waals surface area contributed by atoms with Gasteiger partial charge in [0.2, 0.25) is 0 Å². The molecule has 0 aliphatic carbocycles. The van der Waals surface area contributed by atoms with Gasteiger partial charge in [0.1, 0.15) is 6.33 Å². The summed E-state index contributed by atoms with van der Waals surface area (Å²) in [6, 6.07) is 6.08. The smallest absolute Gasteiger partial charge is 0.382 e. The first-order valence-corrected chi connectivity index (χ1v) is 6.12. The number of amides is 1. The van der Waals surface area contributed by atoms with E-state index >= 15 is 0 Å². The molecule has 0 fully saturated rings. The number of nitrogens with zero attached hydrogens (tertiary/aromatic N) is 5. The highest BCUT2D eigenvalue weighted by Gasteiger charge is 2.39. The molecule has 0 aliphatic rings. The normalized spacial score (nSPS) is 13.0. The molecule has 1 heterocycles. The molecule has 0 aliphatic heterocycles. The van der Waals surface area contributed by atoms with Gasteiger partial charge in [-0.1, -0.05) is 6.07 Å². The van der Waals surface area contributed by atoms with Crippen molar-refractivity contribution in [3.05, 3.63) is 36.2 Å². The van der Waals surface area contributed by atoms with Gasteiger partial charge in [0, 0.05) is 12.6 Å². The van der Waals surface area contributed by atoms with Crippen molar-refractivity contribution in [1.29, 1.82) is 0 Å². The van der Waals surface area contributed by atoms with Crippen LogP contribution in [-0.2, 0) is 0 Å². The van der Waals surface area contributed by atoms with E-state index in [1.807, 2.05) is 0 Å². The number of likely N-dealkylation sites (N-methyl/N-ethyl adjacent to an activating group) is 1. The molecule has 0 radical (unpaired) electrons. The lowest BCUT2D eigenvalue weighted by molar-refractivity contribution is -0.205. The highest BCUT2D eigenvalue weighted by molar-refractivity contribution is 5.94. The van der Waals surface area contributed by atoms with Crippen LogP contribution in [0.1, 0.15) is 10.4 Å². The minimum atomic E-state index is -4.78. The fourth-order valence-corrected chi connectivity index (χ4v) is 1.73. The van der Waals surface area contributed by atoms with E-state index in [2.05, 4.69) is 15.5 Å². The highest BCUT2D eigenvalue weighted by Crippen LogP contribution is 2.21. The molecule has 0 spiro atoms. The summed E-state index contributed by atoms with van der Waals surface area (Å²) in [5.41, 5.74) is 0.644. The van der Waals surface area contributed by atoms with Gasteiger partial charge in [-0.3, -0.25) is 4.79 Å². The van der Waals surface area contributed by atoms with E-state index in [1.165, 1.54) is 30.2 Å². The minimum absolute atomic E-state index is 0.157. The number of carbonyl (C=O) groups excluding carboxylic acids is 1. The number of rotatable bonds is 4. The summed E-state index contributed by atoms with van der Waals surface area (Å²) in [6.07, 6.45) is -6.05. The summed E-state index contributed by atoms with van der Waals surface area (Å²) < 4.78 is 38.2. The van der Waals surface area contributed by atoms with E-state index in [-0.39, 0.29) is 5.56 Å². The Kier molecular flexibility index (Phi) is 4.40. The van der Waals surface area contributed by atoms with E-state index in [1.54, 1.807) is 12.1 Å². The van der Waals surface area contributed by atoms with Crippen molar-refractivity contribution in [2.45, 2.75) is 12.3 Å². The van der Waals surface area contributed by atoms with Crippen LogP contribution >= 0.6 is 0 Å². The fraction of sp³-hybridized carbons (Fsp3) is 0.333. The molecule has 1 unspecified atom stereocenters. The standard InChI is InChI=1S/C12H12F3N5O2/c1-19(6-10(21)12(13,14)15)11(22)8-3-2-4-9(5-8)20-7-16-17-18-20/h2-5,7,10,21H,6H2,1H3. The van der Waals surface area contributed by atoms with E-state index in [9.17, 15) is 18.0 Å². The van der Waals surface area contributed by atoms with Gasteiger partial charge in [0.05, 0.1) is 12.2 Å². The van der Waals surface area contributed by atoms with Gasteiger partial charge >= 0.3 is 6.18 Å². The third kappa shape index (κ3) is 3.58. The number of halogens is 3. The molecule has 1 atom stereocenters. The van der Waals surface area contributed by atoms with Gasteiger partial charge in [0.15, 0.2) is 6.10 Å². The topological polar surface area (TPSA) is 84.1 Å². The Morgan fingerprint density at radius 2 is 2.18 bits per heavy atom. The largest absolute Gasteiger partial charge is 0.416 e. The van der Waals surface area contributed by atoms with E-state index in [0.29, 0.717) is 5.69 Å². The maximum absolute atomic E-state index is 12.3. The summed E-state index contributed by atoms with van der Waals surface area (Å²) in [6.45, 7) is -0.850. The average molecular weight is 315 g/mol. The Labute approximate surface area is 123 Å². The molecule has 1 aromatic heterocycles. The first kappa shape index (κ1) is 15.9. The first-order valence-electron chi connectivity index (χ1n) is 6.12. The van der Waals surface area contributed by atoms with Gasteiger partial charge in [0.25, 0.3) is 5.91 Å². The van der Waals surface area contributed by atoms with Gasteiger partial charge in [-0.2, -0.15) is 13.2 Å². The van der Waals surface area contributed by atoms with Crippen LogP contribution in [0.3, 0.4) is 0 Å². The molecule has 7 nitrogen and oxygen atoms in total. The number of benzene rings is 1. The van der Waals surface area contributed by atoms with E-state index in [0.717, 1.165) is 4.90 Å². The Morgan fingerprint density at radius 1 is 1.45 bits per heavy atom. The van der Waals surface area contributed by atoms with Gasteiger partial charge < -0.3 is 10.0 Å². The third-order valence-electron chi connectivity index (χ3n) is 2.88. The zero-order valence-corrected chi connectivity index (χ0v) is 11.4.